The summed E-state index contributed by atoms with van der Waals surface area (Å²) >= 11 is 0. The van der Waals surface area contributed by atoms with Crippen molar-refractivity contribution in [3.63, 3.8) is 0 Å². The van der Waals surface area contributed by atoms with Gasteiger partial charge >= 0.3 is 0 Å². The second-order valence-corrected chi connectivity index (χ2v) is 13.0. The van der Waals surface area contributed by atoms with E-state index >= 15 is 0 Å². The van der Waals surface area contributed by atoms with Crippen LogP contribution in [0.1, 0.15) is 71.6 Å². The van der Waals surface area contributed by atoms with Crippen LogP contribution in [0.15, 0.2) is 42.6 Å². The summed E-state index contributed by atoms with van der Waals surface area (Å²) in [4.78, 5) is 35.6. The van der Waals surface area contributed by atoms with Crippen LogP contribution in [-0.4, -0.2) is 70.8 Å². The number of hydrogen-bond donors (Lipinski definition) is 1. The van der Waals surface area contributed by atoms with Gasteiger partial charge < -0.3 is 19.5 Å². The van der Waals surface area contributed by atoms with E-state index in [9.17, 15) is 14.9 Å². The third kappa shape index (κ3) is 4.74. The number of piperidine rings is 1. The fourth-order valence-electron chi connectivity index (χ4n) is 7.79. The van der Waals surface area contributed by atoms with Crippen LogP contribution in [0.2, 0.25) is 0 Å². The van der Waals surface area contributed by atoms with Crippen molar-refractivity contribution in [3.05, 3.63) is 64.8 Å². The van der Waals surface area contributed by atoms with Crippen LogP contribution in [0.4, 0.5) is 0 Å². The van der Waals surface area contributed by atoms with Gasteiger partial charge in [-0.15, -0.1) is 0 Å². The van der Waals surface area contributed by atoms with E-state index in [0.717, 1.165) is 68.4 Å². The summed E-state index contributed by atoms with van der Waals surface area (Å²) < 4.78 is 5.87. The Labute approximate surface area is 247 Å². The first-order valence-electron chi connectivity index (χ1n) is 15.3. The summed E-state index contributed by atoms with van der Waals surface area (Å²) in [5.41, 5.74) is 5.52. The van der Waals surface area contributed by atoms with E-state index in [-0.39, 0.29) is 35.7 Å². The zero-order valence-corrected chi connectivity index (χ0v) is 24.6. The number of benzene rings is 2. The molecule has 42 heavy (non-hydrogen) atoms. The number of likely N-dealkylation sites (tertiary alicyclic amines) is 1. The lowest BCUT2D eigenvalue weighted by atomic mass is 9.56. The summed E-state index contributed by atoms with van der Waals surface area (Å²) in [6, 6.07) is 15.4. The van der Waals surface area contributed by atoms with Crippen molar-refractivity contribution in [2.24, 2.45) is 11.3 Å². The monoisotopic (exact) mass is 565 g/mol. The van der Waals surface area contributed by atoms with Crippen LogP contribution in [0.3, 0.4) is 0 Å². The van der Waals surface area contributed by atoms with E-state index in [0.29, 0.717) is 24.7 Å². The maximum absolute atomic E-state index is 13.4. The number of rotatable bonds is 6. The lowest BCUT2D eigenvalue weighted by molar-refractivity contribution is -0.135. The molecule has 4 aliphatic rings. The van der Waals surface area contributed by atoms with Crippen molar-refractivity contribution in [3.8, 4) is 11.8 Å². The molecular weight excluding hydrogens is 526 g/mol. The molecule has 3 heterocycles. The van der Waals surface area contributed by atoms with Crippen LogP contribution in [0.25, 0.3) is 10.9 Å². The minimum Gasteiger partial charge on any atom is -0.496 e. The summed E-state index contributed by atoms with van der Waals surface area (Å²) in [5.74, 6) is 1.06. The lowest BCUT2D eigenvalue weighted by Gasteiger charge is -2.53. The molecule has 1 aromatic heterocycles. The molecule has 4 fully saturated rings. The summed E-state index contributed by atoms with van der Waals surface area (Å²) in [6.45, 7) is 5.20. The molecule has 8 heteroatoms. The van der Waals surface area contributed by atoms with Gasteiger partial charge in [-0.1, -0.05) is 12.1 Å². The quantitative estimate of drug-likeness (QED) is 0.444. The number of nitriles is 1. The predicted octanol–water partition coefficient (Wildman–Crippen LogP) is 5.19. The molecule has 3 aromatic rings. The van der Waals surface area contributed by atoms with E-state index in [4.69, 9.17) is 4.74 Å². The third-order valence-corrected chi connectivity index (χ3v) is 10.3. The topological polar surface area (TPSA) is 92.7 Å². The van der Waals surface area contributed by atoms with Gasteiger partial charge in [-0.25, -0.2) is 0 Å². The van der Waals surface area contributed by atoms with E-state index in [2.05, 4.69) is 47.1 Å². The van der Waals surface area contributed by atoms with E-state index < -0.39 is 0 Å². The number of nitrogens with one attached hydrogen (secondary N) is 1. The fraction of sp³-hybridized carbons (Fsp3) is 0.500. The van der Waals surface area contributed by atoms with E-state index in [1.165, 1.54) is 16.5 Å². The van der Waals surface area contributed by atoms with Crippen LogP contribution < -0.4 is 4.74 Å². The van der Waals surface area contributed by atoms with E-state index in [1.807, 2.05) is 23.2 Å². The zero-order valence-electron chi connectivity index (χ0n) is 24.6. The highest BCUT2D eigenvalue weighted by atomic mass is 16.5. The lowest BCUT2D eigenvalue weighted by Crippen LogP contribution is -2.52. The number of aryl methyl sites for hydroxylation is 1. The molecule has 8 nitrogen and oxygen atoms in total. The minimum atomic E-state index is -0.0718. The van der Waals surface area contributed by atoms with Crippen molar-refractivity contribution >= 4 is 22.7 Å². The van der Waals surface area contributed by atoms with Gasteiger partial charge in [-0.2, -0.15) is 5.26 Å². The van der Waals surface area contributed by atoms with Gasteiger partial charge in [0, 0.05) is 65.9 Å². The highest BCUT2D eigenvalue weighted by Crippen LogP contribution is 2.57. The molecular formula is C34H39N5O3. The van der Waals surface area contributed by atoms with Crippen LogP contribution >= 0.6 is 0 Å². The van der Waals surface area contributed by atoms with Gasteiger partial charge in [0.05, 0.1) is 13.2 Å². The first kappa shape index (κ1) is 27.0. The van der Waals surface area contributed by atoms with Crippen molar-refractivity contribution in [1.82, 2.24) is 19.7 Å². The molecule has 2 amide bonds. The minimum absolute atomic E-state index is 0.0658. The fourth-order valence-corrected chi connectivity index (χ4v) is 7.79. The number of piperazine rings is 1. The average molecular weight is 566 g/mol. The molecule has 1 N–H and O–H groups in total. The standard InChI is InChI=1S/C34H39N5O3/c1-22-15-30(42-2)28(27-9-11-36-32(22)27)20-37-12-10-34(16-23(17-34)19-35)18-29(37)24-3-5-25(6-4-24)33(41)38-13-14-39(26-7-8-26)31(40)21-38/h3-6,9,11,15,23,26,29,36H,7-8,10,12-14,16-18,20-21H2,1-2H3/t23?,29-,34?/m0/s1. The number of amides is 2. The second kappa shape index (κ2) is 10.5. The Balaban J connectivity index is 1.14. The molecule has 1 atom stereocenters. The molecule has 1 spiro atoms. The molecule has 0 radical (unpaired) electrons. The number of carbonyl (C=O) groups is 2. The Morgan fingerprint density at radius 3 is 2.60 bits per heavy atom. The first-order valence-corrected chi connectivity index (χ1v) is 15.3. The normalized spacial score (nSPS) is 26.4. The molecule has 2 aliphatic carbocycles. The van der Waals surface area contributed by atoms with Crippen molar-refractivity contribution in [1.29, 1.82) is 5.26 Å². The first-order chi connectivity index (χ1) is 20.4. The van der Waals surface area contributed by atoms with Crippen molar-refractivity contribution < 1.29 is 14.3 Å². The maximum Gasteiger partial charge on any atom is 0.254 e. The molecule has 7 rings (SSSR count). The molecule has 2 saturated carbocycles. The van der Waals surface area contributed by atoms with Crippen LogP contribution in [-0.2, 0) is 11.3 Å². The number of ether oxygens (including phenoxy) is 1. The van der Waals surface area contributed by atoms with Gasteiger partial charge in [0.25, 0.3) is 5.91 Å². The smallest absolute Gasteiger partial charge is 0.254 e. The summed E-state index contributed by atoms with van der Waals surface area (Å²) in [7, 11) is 1.74. The van der Waals surface area contributed by atoms with Crippen LogP contribution in [0, 0.1) is 29.6 Å². The van der Waals surface area contributed by atoms with Gasteiger partial charge in [0.2, 0.25) is 5.91 Å². The van der Waals surface area contributed by atoms with E-state index in [1.54, 1.807) is 12.0 Å². The maximum atomic E-state index is 13.4. The Morgan fingerprint density at radius 1 is 1.12 bits per heavy atom. The summed E-state index contributed by atoms with van der Waals surface area (Å²) in [6.07, 6.45) is 8.20. The Morgan fingerprint density at radius 2 is 1.90 bits per heavy atom. The molecule has 0 bridgehead atoms. The molecule has 0 unspecified atom stereocenters. The Kier molecular flexibility index (Phi) is 6.73. The Bertz CT molecular complexity index is 1560. The Hall–Kier alpha value is -3.83. The zero-order chi connectivity index (χ0) is 29.0. The molecule has 218 valence electrons. The molecule has 2 aromatic carbocycles. The summed E-state index contributed by atoms with van der Waals surface area (Å²) in [5, 5.41) is 10.7. The average Bonchev–Trinajstić information content (AvgIpc) is 3.71. The number of nitrogens with zero attached hydrogens (tertiary/aromatic N) is 4. The van der Waals surface area contributed by atoms with Crippen molar-refractivity contribution in [2.75, 3.05) is 33.3 Å². The highest BCUT2D eigenvalue weighted by molar-refractivity contribution is 5.97. The van der Waals surface area contributed by atoms with Gasteiger partial charge in [0.1, 0.15) is 12.3 Å². The number of aromatic nitrogens is 1. The van der Waals surface area contributed by atoms with Gasteiger partial charge in [-0.3, -0.25) is 14.5 Å². The largest absolute Gasteiger partial charge is 0.496 e. The number of aromatic amines is 1. The second-order valence-electron chi connectivity index (χ2n) is 13.0. The van der Waals surface area contributed by atoms with Gasteiger partial charge in [0.15, 0.2) is 0 Å². The number of methoxy groups -OCH3 is 1. The highest BCUT2D eigenvalue weighted by Gasteiger charge is 2.49. The predicted molar refractivity (Wildman–Crippen MR) is 160 cm³/mol. The molecule has 2 aliphatic heterocycles. The molecule has 2 saturated heterocycles. The van der Waals surface area contributed by atoms with Crippen molar-refractivity contribution in [2.45, 2.75) is 64.1 Å². The third-order valence-electron chi connectivity index (χ3n) is 10.3. The van der Waals surface area contributed by atoms with Gasteiger partial charge in [-0.05, 0) is 92.8 Å². The number of carbonyl (C=O) groups excluding carboxylic acids is 2. The number of hydrogen-bond acceptors (Lipinski definition) is 5. The van der Waals surface area contributed by atoms with Crippen LogP contribution in [0.5, 0.6) is 5.75 Å². The number of fused-ring (bicyclic) bond motifs is 1. The SMILES string of the molecule is COc1cc(C)c2[nH]ccc2c1CN1CCC2(CC(C#N)C2)C[C@H]1c1ccc(C(=O)N2CCN(C3CC3)C(=O)C2)cc1. The number of H-pyrrole nitrogens is 1.